The van der Waals surface area contributed by atoms with E-state index in [9.17, 15) is 18.3 Å². The van der Waals surface area contributed by atoms with Crippen molar-refractivity contribution in [1.82, 2.24) is 19.3 Å². The molecule has 1 N–H and O–H groups in total. The number of carbonyl (C=O) groups is 1. The van der Waals surface area contributed by atoms with Crippen LogP contribution in [0.25, 0.3) is 6.08 Å². The molecule has 220 valence electrons. The van der Waals surface area contributed by atoms with Gasteiger partial charge in [0.2, 0.25) is 10.0 Å². The zero-order valence-corrected chi connectivity index (χ0v) is 26.5. The molecule has 0 spiro atoms. The molecule has 0 saturated heterocycles. The highest BCUT2D eigenvalue weighted by Crippen LogP contribution is 2.58. The Morgan fingerprint density at radius 2 is 1.98 bits per heavy atom. The van der Waals surface area contributed by atoms with Gasteiger partial charge in [0.05, 0.1) is 21.7 Å². The van der Waals surface area contributed by atoms with Crippen molar-refractivity contribution in [2.75, 3.05) is 6.54 Å². The summed E-state index contributed by atoms with van der Waals surface area (Å²) < 4.78 is 31.0. The highest BCUT2D eigenvalue weighted by atomic mass is 32.2. The maximum absolute atomic E-state index is 13.8. The summed E-state index contributed by atoms with van der Waals surface area (Å²) >= 11 is 1.57. The molecule has 8 nitrogen and oxygen atoms in total. The van der Waals surface area contributed by atoms with E-state index in [0.717, 1.165) is 32.3 Å². The summed E-state index contributed by atoms with van der Waals surface area (Å²) in [5.74, 6) is -1.18. The highest BCUT2D eigenvalue weighted by Gasteiger charge is 2.53. The number of carboxylic acid groups (broad SMARTS) is 1. The van der Waals surface area contributed by atoms with Gasteiger partial charge in [-0.15, -0.1) is 16.4 Å². The number of allylic oxidation sites excluding steroid dienone is 1. The Morgan fingerprint density at radius 1 is 1.27 bits per heavy atom. The normalized spacial score (nSPS) is 24.9. The van der Waals surface area contributed by atoms with Crippen LogP contribution in [-0.4, -0.2) is 45.3 Å². The Labute approximate surface area is 247 Å². The molecule has 1 aliphatic carbocycles. The van der Waals surface area contributed by atoms with Gasteiger partial charge in [-0.2, -0.15) is 4.31 Å². The van der Waals surface area contributed by atoms with Crippen molar-refractivity contribution in [3.8, 4) is 0 Å². The average Bonchev–Trinajstić information content (AvgIpc) is 3.46. The summed E-state index contributed by atoms with van der Waals surface area (Å²) in [6, 6.07) is 9.33. The largest absolute Gasteiger partial charge is 0.481 e. The molecule has 0 bridgehead atoms. The minimum Gasteiger partial charge on any atom is -0.481 e. The number of sulfonamides is 1. The van der Waals surface area contributed by atoms with E-state index in [1.54, 1.807) is 41.6 Å². The molecule has 3 heterocycles. The number of hydrogen-bond donors (Lipinski definition) is 1. The Morgan fingerprint density at radius 3 is 2.66 bits per heavy atom. The second kappa shape index (κ2) is 10.5. The van der Waals surface area contributed by atoms with Crippen LogP contribution in [-0.2, 0) is 34.3 Å². The summed E-state index contributed by atoms with van der Waals surface area (Å²) in [6.07, 6.45) is 4.88. The maximum atomic E-state index is 13.8. The first kappa shape index (κ1) is 29.7. The van der Waals surface area contributed by atoms with Gasteiger partial charge < -0.3 is 5.11 Å². The van der Waals surface area contributed by atoms with Crippen LogP contribution in [0.15, 0.2) is 41.3 Å². The number of nitrogens with zero attached hydrogens (tertiary/aromatic N) is 4. The molecule has 10 heteroatoms. The molecule has 3 aromatic rings. The molecule has 5 rings (SSSR count). The molecule has 2 aromatic heterocycles. The zero-order chi connectivity index (χ0) is 29.9. The molecule has 2 aliphatic rings. The predicted molar refractivity (Wildman–Crippen MR) is 161 cm³/mol. The highest BCUT2D eigenvalue weighted by molar-refractivity contribution is 7.89. The first-order valence-corrected chi connectivity index (χ1v) is 16.5. The van der Waals surface area contributed by atoms with Crippen LogP contribution < -0.4 is 0 Å². The van der Waals surface area contributed by atoms with Gasteiger partial charge in [0.15, 0.2) is 0 Å². The summed E-state index contributed by atoms with van der Waals surface area (Å²) in [4.78, 5) is 15.1. The topological polar surface area (TPSA) is 105 Å². The van der Waals surface area contributed by atoms with Gasteiger partial charge in [0.1, 0.15) is 0 Å². The molecule has 1 aromatic carbocycles. The number of aryl methyl sites for hydroxylation is 2. The molecule has 0 saturated carbocycles. The van der Waals surface area contributed by atoms with Crippen molar-refractivity contribution in [2.45, 2.75) is 84.7 Å². The number of hydrogen-bond acceptors (Lipinski definition) is 6. The second-order valence-corrected chi connectivity index (χ2v) is 15.7. The lowest BCUT2D eigenvalue weighted by Crippen LogP contribution is -2.43. The van der Waals surface area contributed by atoms with E-state index in [1.807, 2.05) is 36.7 Å². The Kier molecular flexibility index (Phi) is 7.58. The predicted octanol–water partition coefficient (Wildman–Crippen LogP) is 6.08. The number of carboxylic acids is 1. The molecule has 4 atom stereocenters. The second-order valence-electron chi connectivity index (χ2n) is 12.5. The Balaban J connectivity index is 1.57. The van der Waals surface area contributed by atoms with E-state index in [-0.39, 0.29) is 18.4 Å². The van der Waals surface area contributed by atoms with E-state index >= 15 is 0 Å². The number of fused-ring (bicyclic) bond motifs is 2. The van der Waals surface area contributed by atoms with E-state index in [1.165, 1.54) is 0 Å². The van der Waals surface area contributed by atoms with Crippen molar-refractivity contribution >= 4 is 33.4 Å². The fraction of sp³-hybridized carbons (Fsp3) is 0.516. The summed E-state index contributed by atoms with van der Waals surface area (Å²) in [7, 11) is -3.68. The molecule has 41 heavy (non-hydrogen) atoms. The molecular formula is C31H40N4O4S2. The fourth-order valence-electron chi connectivity index (χ4n) is 6.79. The summed E-state index contributed by atoms with van der Waals surface area (Å²) in [5.41, 5.74) is 1.94. The van der Waals surface area contributed by atoms with Crippen LogP contribution in [0.1, 0.15) is 85.6 Å². The minimum absolute atomic E-state index is 0.0828. The molecule has 0 amide bonds. The Hall–Kier alpha value is -2.82. The van der Waals surface area contributed by atoms with Crippen LogP contribution in [0, 0.1) is 23.7 Å². The van der Waals surface area contributed by atoms with Crippen molar-refractivity contribution in [3.05, 3.63) is 68.7 Å². The fourth-order valence-corrected chi connectivity index (χ4v) is 10.0. The minimum atomic E-state index is -3.68. The van der Waals surface area contributed by atoms with Crippen LogP contribution >= 0.6 is 11.3 Å². The van der Waals surface area contributed by atoms with Gasteiger partial charge in [-0.1, -0.05) is 50.3 Å². The third-order valence-corrected chi connectivity index (χ3v) is 12.4. The maximum Gasteiger partial charge on any atom is 0.309 e. The van der Waals surface area contributed by atoms with E-state index in [2.05, 4.69) is 43.2 Å². The van der Waals surface area contributed by atoms with Crippen molar-refractivity contribution in [2.24, 2.45) is 16.7 Å². The molecule has 2 unspecified atom stereocenters. The monoisotopic (exact) mass is 596 g/mol. The van der Waals surface area contributed by atoms with Crippen LogP contribution in [0.5, 0.6) is 0 Å². The number of rotatable bonds is 7. The van der Waals surface area contributed by atoms with Crippen molar-refractivity contribution in [1.29, 1.82) is 0 Å². The smallest absolute Gasteiger partial charge is 0.309 e. The molecule has 0 fully saturated rings. The van der Waals surface area contributed by atoms with Gasteiger partial charge in [0.25, 0.3) is 0 Å². The van der Waals surface area contributed by atoms with Gasteiger partial charge in [-0.25, -0.2) is 13.1 Å². The average molecular weight is 597 g/mol. The first-order chi connectivity index (χ1) is 19.2. The third-order valence-electron chi connectivity index (χ3n) is 9.28. The Bertz CT molecular complexity index is 1620. The molecule has 1 aliphatic heterocycles. The zero-order valence-electron chi connectivity index (χ0n) is 24.9. The number of aromatic nitrogens is 3. The van der Waals surface area contributed by atoms with Gasteiger partial charge >= 0.3 is 5.97 Å². The van der Waals surface area contributed by atoms with Crippen molar-refractivity contribution in [3.63, 3.8) is 0 Å². The summed E-state index contributed by atoms with van der Waals surface area (Å²) in [5, 5.41) is 19.3. The van der Waals surface area contributed by atoms with E-state index < -0.39 is 32.7 Å². The van der Waals surface area contributed by atoms with Crippen molar-refractivity contribution < 1.29 is 18.3 Å². The van der Waals surface area contributed by atoms with Crippen LogP contribution in [0.2, 0.25) is 0 Å². The van der Waals surface area contributed by atoms with E-state index in [4.69, 9.17) is 0 Å². The first-order valence-electron chi connectivity index (χ1n) is 14.2. The lowest BCUT2D eigenvalue weighted by Gasteiger charge is -2.46. The molecular weight excluding hydrogens is 556 g/mol. The van der Waals surface area contributed by atoms with Crippen LogP contribution in [0.4, 0.5) is 0 Å². The lowest BCUT2D eigenvalue weighted by molar-refractivity contribution is -0.150. The third kappa shape index (κ3) is 4.87. The SMILES string of the molecule is CCn1nnc2c1C=CC(C)([C@H](c1cc(CN3C[C@H](C)Cc4ccccc4S3(=O)=O)c(C)s1)C(C)(C)C(=O)O)C2C. The number of benzene rings is 1. The number of thiophene rings is 1. The van der Waals surface area contributed by atoms with Crippen LogP contribution in [0.3, 0.4) is 0 Å². The standard InChI is InChI=1S/C31H40N4O4S2/c1-8-35-24-13-14-31(7,20(3)27(24)32-33-35)28(30(5,6)29(36)37)25-16-23(21(4)40-25)18-34-17-19(2)15-22-11-9-10-12-26(22)41(34,38)39/h9-14,16,19-20,28H,8,15,17-18H2,1-7H3,(H,36,37)/t19-,20?,28-,31?/m1/s1. The number of aliphatic carboxylic acids is 1. The summed E-state index contributed by atoms with van der Waals surface area (Å²) in [6.45, 7) is 15.3. The molecule has 0 radical (unpaired) electrons. The lowest BCUT2D eigenvalue weighted by atomic mass is 9.56. The van der Waals surface area contributed by atoms with E-state index in [0.29, 0.717) is 24.4 Å². The van der Waals surface area contributed by atoms with Gasteiger partial charge in [0, 0.05) is 46.6 Å². The van der Waals surface area contributed by atoms with Gasteiger partial charge in [-0.3, -0.25) is 4.79 Å². The quantitative estimate of drug-likeness (QED) is 0.354. The van der Waals surface area contributed by atoms with Gasteiger partial charge in [-0.05, 0) is 69.4 Å².